The first kappa shape index (κ1) is 29.3. The number of imide groups is 1. The number of amides is 3. The molecule has 3 amide bonds. The van der Waals surface area contributed by atoms with Crippen LogP contribution in [0.15, 0.2) is 77.6 Å². The van der Waals surface area contributed by atoms with Gasteiger partial charge in [0.15, 0.2) is 0 Å². The lowest BCUT2D eigenvalue weighted by Crippen LogP contribution is -2.48. The zero-order valence-electron chi connectivity index (χ0n) is 24.8. The maximum atomic E-state index is 13.6. The highest BCUT2D eigenvalue weighted by atomic mass is 16.5. The molecule has 2 aliphatic rings. The predicted molar refractivity (Wildman–Crippen MR) is 166 cm³/mol. The molecule has 44 heavy (non-hydrogen) atoms. The maximum absolute atomic E-state index is 13.6. The summed E-state index contributed by atoms with van der Waals surface area (Å²) >= 11 is 0. The number of benzene rings is 3. The monoisotopic (exact) mass is 593 g/mol. The third-order valence-corrected chi connectivity index (χ3v) is 8.42. The molecule has 0 N–H and O–H groups in total. The molecule has 0 spiro atoms. The van der Waals surface area contributed by atoms with Crippen molar-refractivity contribution in [2.24, 2.45) is 0 Å². The lowest BCUT2D eigenvalue weighted by atomic mass is 10.1. The summed E-state index contributed by atoms with van der Waals surface area (Å²) in [6.45, 7) is 6.73. The molecule has 10 nitrogen and oxygen atoms in total. The van der Waals surface area contributed by atoms with Crippen LogP contribution in [-0.4, -0.2) is 87.8 Å². The first-order valence-electron chi connectivity index (χ1n) is 15.0. The summed E-state index contributed by atoms with van der Waals surface area (Å²) < 4.78 is 7.62. The molecule has 0 radical (unpaired) electrons. The van der Waals surface area contributed by atoms with Gasteiger partial charge in [-0.05, 0) is 48.4 Å². The van der Waals surface area contributed by atoms with Crippen LogP contribution in [0.5, 0.6) is 5.75 Å². The van der Waals surface area contributed by atoms with E-state index in [9.17, 15) is 19.2 Å². The van der Waals surface area contributed by atoms with E-state index in [-0.39, 0.29) is 36.2 Å². The molecule has 3 aromatic carbocycles. The third-order valence-electron chi connectivity index (χ3n) is 8.42. The Morgan fingerprint density at radius 3 is 2.11 bits per heavy atom. The topological polar surface area (TPSA) is 105 Å². The third kappa shape index (κ3) is 6.12. The summed E-state index contributed by atoms with van der Waals surface area (Å²) in [6, 6.07) is 21.9. The zero-order chi connectivity index (χ0) is 30.6. The van der Waals surface area contributed by atoms with Crippen molar-refractivity contribution in [3.05, 3.63) is 106 Å². The number of aryl methyl sites for hydroxylation is 1. The lowest BCUT2D eigenvalue weighted by Gasteiger charge is -2.34. The van der Waals surface area contributed by atoms with Gasteiger partial charge in [0.1, 0.15) is 18.2 Å². The summed E-state index contributed by atoms with van der Waals surface area (Å²) in [6.07, 6.45) is 0.864. The number of ether oxygens (including phenoxy) is 1. The van der Waals surface area contributed by atoms with Crippen molar-refractivity contribution < 1.29 is 19.1 Å². The van der Waals surface area contributed by atoms with Gasteiger partial charge in [-0.3, -0.25) is 33.5 Å². The Kier molecular flexibility index (Phi) is 8.51. The smallest absolute Gasteiger partial charge is 0.261 e. The molecular weight excluding hydrogens is 558 g/mol. The normalized spacial score (nSPS) is 15.2. The number of hydrogen-bond acceptors (Lipinski definition) is 7. The highest BCUT2D eigenvalue weighted by Gasteiger charge is 2.35. The molecule has 10 heteroatoms. The van der Waals surface area contributed by atoms with Gasteiger partial charge in [0.05, 0.1) is 22.0 Å². The number of fused-ring (bicyclic) bond motifs is 2. The quantitative estimate of drug-likeness (QED) is 0.260. The summed E-state index contributed by atoms with van der Waals surface area (Å²) in [7, 11) is 0. The van der Waals surface area contributed by atoms with Gasteiger partial charge in [-0.15, -0.1) is 0 Å². The number of rotatable bonds is 10. The lowest BCUT2D eigenvalue weighted by molar-refractivity contribution is -0.130. The number of aromatic nitrogens is 2. The number of piperazine rings is 1. The number of carbonyl (C=O) groups excluding carboxylic acids is 3. The highest BCUT2D eigenvalue weighted by Crippen LogP contribution is 2.23. The van der Waals surface area contributed by atoms with E-state index in [4.69, 9.17) is 9.72 Å². The standard InChI is InChI=1S/C34H35N5O5/c1-24(40)37-20-18-36(19-21-37)22-23-44-26-12-10-25(11-13-26)14-16-38-31(35-30-9-5-4-8-29(30)34(38)43)15-17-39-32(41)27-6-2-3-7-28(27)33(39)42/h2-13H,14-23H2,1H3. The Morgan fingerprint density at radius 1 is 0.773 bits per heavy atom. The van der Waals surface area contributed by atoms with Crippen molar-refractivity contribution in [1.29, 1.82) is 0 Å². The fourth-order valence-electron chi connectivity index (χ4n) is 5.86. The molecule has 226 valence electrons. The summed E-state index contributed by atoms with van der Waals surface area (Å²) in [5, 5.41) is 0.531. The second-order valence-corrected chi connectivity index (χ2v) is 11.1. The zero-order valence-corrected chi connectivity index (χ0v) is 24.8. The summed E-state index contributed by atoms with van der Waals surface area (Å²) in [4.78, 5) is 61.1. The molecule has 1 fully saturated rings. The number of hydrogen-bond donors (Lipinski definition) is 0. The first-order valence-corrected chi connectivity index (χ1v) is 15.0. The van der Waals surface area contributed by atoms with Gasteiger partial charge in [-0.25, -0.2) is 4.98 Å². The molecule has 1 saturated heterocycles. The van der Waals surface area contributed by atoms with Gasteiger partial charge in [0.25, 0.3) is 17.4 Å². The van der Waals surface area contributed by atoms with Gasteiger partial charge in [-0.1, -0.05) is 36.4 Å². The largest absolute Gasteiger partial charge is 0.492 e. The number of para-hydroxylation sites is 1. The molecule has 0 bridgehead atoms. The van der Waals surface area contributed by atoms with Crippen LogP contribution in [0.3, 0.4) is 0 Å². The Balaban J connectivity index is 1.09. The average Bonchev–Trinajstić information content (AvgIpc) is 3.29. The van der Waals surface area contributed by atoms with E-state index in [1.807, 2.05) is 41.3 Å². The van der Waals surface area contributed by atoms with E-state index in [2.05, 4.69) is 4.90 Å². The Bertz CT molecular complexity index is 1720. The van der Waals surface area contributed by atoms with Gasteiger partial charge < -0.3 is 9.64 Å². The first-order chi connectivity index (χ1) is 21.4. The molecule has 0 aliphatic carbocycles. The SMILES string of the molecule is CC(=O)N1CCN(CCOc2ccc(CCn3c(CCN4C(=O)c5ccccc5C4=O)nc4ccccc4c3=O)cc2)CC1. The number of carbonyl (C=O) groups is 3. The fraction of sp³-hybridized carbons (Fsp3) is 0.324. The molecule has 0 saturated carbocycles. The van der Waals surface area contributed by atoms with E-state index in [0.29, 0.717) is 47.4 Å². The van der Waals surface area contributed by atoms with Crippen molar-refractivity contribution in [3.63, 3.8) is 0 Å². The minimum absolute atomic E-state index is 0.125. The highest BCUT2D eigenvalue weighted by molar-refractivity contribution is 6.21. The minimum Gasteiger partial charge on any atom is -0.492 e. The fourth-order valence-corrected chi connectivity index (χ4v) is 5.86. The summed E-state index contributed by atoms with van der Waals surface area (Å²) in [5.41, 5.74) is 2.30. The minimum atomic E-state index is -0.321. The average molecular weight is 594 g/mol. The predicted octanol–water partition coefficient (Wildman–Crippen LogP) is 3.02. The van der Waals surface area contributed by atoms with Gasteiger partial charge >= 0.3 is 0 Å². The van der Waals surface area contributed by atoms with Gasteiger partial charge in [0, 0.05) is 59.2 Å². The van der Waals surface area contributed by atoms with Gasteiger partial charge in [-0.2, -0.15) is 0 Å². The van der Waals surface area contributed by atoms with Gasteiger partial charge in [0.2, 0.25) is 5.91 Å². The number of nitrogens with zero attached hydrogens (tertiary/aromatic N) is 5. The van der Waals surface area contributed by atoms with Crippen LogP contribution in [-0.2, 0) is 24.2 Å². The van der Waals surface area contributed by atoms with E-state index in [1.165, 1.54) is 4.90 Å². The molecule has 6 rings (SSSR count). The molecule has 1 aromatic heterocycles. The Morgan fingerprint density at radius 2 is 1.43 bits per heavy atom. The van der Waals surface area contributed by atoms with Crippen molar-refractivity contribution in [1.82, 2.24) is 24.3 Å². The molecule has 0 atom stereocenters. The van der Waals surface area contributed by atoms with Crippen molar-refractivity contribution in [3.8, 4) is 5.75 Å². The van der Waals surface area contributed by atoms with Crippen LogP contribution in [0, 0.1) is 0 Å². The van der Waals surface area contributed by atoms with Crippen LogP contribution in [0.4, 0.5) is 0 Å². The Hall–Kier alpha value is -4.83. The van der Waals surface area contributed by atoms with E-state index in [0.717, 1.165) is 44.0 Å². The second-order valence-electron chi connectivity index (χ2n) is 11.1. The van der Waals surface area contributed by atoms with Crippen LogP contribution in [0.1, 0.15) is 39.0 Å². The molecular formula is C34H35N5O5. The maximum Gasteiger partial charge on any atom is 0.261 e. The van der Waals surface area contributed by atoms with E-state index < -0.39 is 0 Å². The molecule has 0 unspecified atom stereocenters. The van der Waals surface area contributed by atoms with Crippen molar-refractivity contribution >= 4 is 28.6 Å². The second kappa shape index (κ2) is 12.8. The van der Waals surface area contributed by atoms with Crippen LogP contribution in [0.2, 0.25) is 0 Å². The molecule has 2 aliphatic heterocycles. The van der Waals surface area contributed by atoms with Crippen molar-refractivity contribution in [2.45, 2.75) is 26.3 Å². The van der Waals surface area contributed by atoms with Crippen LogP contribution >= 0.6 is 0 Å². The van der Waals surface area contributed by atoms with E-state index >= 15 is 0 Å². The van der Waals surface area contributed by atoms with Crippen molar-refractivity contribution in [2.75, 3.05) is 45.9 Å². The van der Waals surface area contributed by atoms with Crippen LogP contribution < -0.4 is 10.3 Å². The molecule has 3 heterocycles. The molecule has 4 aromatic rings. The van der Waals surface area contributed by atoms with Crippen LogP contribution in [0.25, 0.3) is 10.9 Å². The Labute approximate surface area is 255 Å². The summed E-state index contributed by atoms with van der Waals surface area (Å²) in [5.74, 6) is 0.799. The van der Waals surface area contributed by atoms with E-state index in [1.54, 1.807) is 47.9 Å².